The second-order valence-corrected chi connectivity index (χ2v) is 4.72. The van der Waals surface area contributed by atoms with Gasteiger partial charge in [-0.05, 0) is 31.4 Å². The fourth-order valence-electron chi connectivity index (χ4n) is 1.64. The summed E-state index contributed by atoms with van der Waals surface area (Å²) < 4.78 is 0. The summed E-state index contributed by atoms with van der Waals surface area (Å²) in [5.41, 5.74) is 6.66. The molecule has 3 N–H and O–H groups in total. The van der Waals surface area contributed by atoms with E-state index in [1.807, 2.05) is 25.1 Å². The first-order chi connectivity index (χ1) is 8.00. The van der Waals surface area contributed by atoms with Crippen LogP contribution in [0.1, 0.15) is 38.9 Å². The molecule has 2 unspecified atom stereocenters. The zero-order chi connectivity index (χ0) is 12.8. The van der Waals surface area contributed by atoms with Gasteiger partial charge in [-0.25, -0.2) is 0 Å². The third kappa shape index (κ3) is 4.53. The lowest BCUT2D eigenvalue weighted by Gasteiger charge is -2.18. The van der Waals surface area contributed by atoms with Gasteiger partial charge in [-0.2, -0.15) is 0 Å². The Bertz CT molecular complexity index is 351. The quantitative estimate of drug-likeness (QED) is 0.815. The summed E-state index contributed by atoms with van der Waals surface area (Å²) in [6.45, 7) is 6.01. The van der Waals surface area contributed by atoms with Crippen molar-refractivity contribution in [2.24, 2.45) is 11.7 Å². The Labute approximate surface area is 103 Å². The molecular formula is C13H21N3O. The zero-order valence-electron chi connectivity index (χ0n) is 10.7. The van der Waals surface area contributed by atoms with Gasteiger partial charge in [-0.15, -0.1) is 0 Å². The molecule has 0 aliphatic heterocycles. The van der Waals surface area contributed by atoms with Crippen molar-refractivity contribution < 1.29 is 4.79 Å². The summed E-state index contributed by atoms with van der Waals surface area (Å²) in [4.78, 5) is 16.0. The van der Waals surface area contributed by atoms with Gasteiger partial charge in [0.2, 0.25) is 5.91 Å². The number of nitrogens with two attached hydrogens (primary N) is 1. The normalized spacial score (nSPS) is 14.4. The lowest BCUT2D eigenvalue weighted by molar-refractivity contribution is -0.123. The third-order valence-electron chi connectivity index (χ3n) is 2.55. The molecule has 0 aliphatic carbocycles. The van der Waals surface area contributed by atoms with E-state index in [4.69, 9.17) is 5.73 Å². The van der Waals surface area contributed by atoms with E-state index in [1.165, 1.54) is 0 Å². The fourth-order valence-corrected chi connectivity index (χ4v) is 1.64. The molecule has 0 fully saturated rings. The predicted molar refractivity (Wildman–Crippen MR) is 68.2 cm³/mol. The van der Waals surface area contributed by atoms with E-state index in [1.54, 1.807) is 6.20 Å². The van der Waals surface area contributed by atoms with Crippen molar-refractivity contribution in [2.45, 2.75) is 39.3 Å². The van der Waals surface area contributed by atoms with Crippen LogP contribution in [0.2, 0.25) is 0 Å². The molecule has 0 bridgehead atoms. The van der Waals surface area contributed by atoms with Crippen LogP contribution >= 0.6 is 0 Å². The molecular weight excluding hydrogens is 214 g/mol. The summed E-state index contributed by atoms with van der Waals surface area (Å²) in [5, 5.41) is 2.87. The average molecular weight is 235 g/mol. The minimum atomic E-state index is -0.443. The molecule has 1 aromatic rings. The van der Waals surface area contributed by atoms with E-state index in [0.717, 1.165) is 5.69 Å². The second-order valence-electron chi connectivity index (χ2n) is 4.72. The minimum Gasteiger partial charge on any atom is -0.347 e. The van der Waals surface area contributed by atoms with Crippen LogP contribution in [0.5, 0.6) is 0 Å². The molecule has 0 aromatic carbocycles. The minimum absolute atomic E-state index is 0.109. The van der Waals surface area contributed by atoms with Crippen LogP contribution in [0.4, 0.5) is 0 Å². The highest BCUT2D eigenvalue weighted by Gasteiger charge is 2.17. The highest BCUT2D eigenvalue weighted by molar-refractivity contribution is 5.81. The lowest BCUT2D eigenvalue weighted by atomic mass is 10.0. The molecule has 4 nitrogen and oxygen atoms in total. The van der Waals surface area contributed by atoms with Crippen LogP contribution in [0.25, 0.3) is 0 Å². The van der Waals surface area contributed by atoms with Gasteiger partial charge in [-0.3, -0.25) is 9.78 Å². The molecule has 94 valence electrons. The first kappa shape index (κ1) is 13.6. The number of pyridine rings is 1. The molecule has 1 amide bonds. The Balaban J connectivity index is 2.51. The van der Waals surface area contributed by atoms with Crippen LogP contribution in [-0.4, -0.2) is 16.9 Å². The second kappa shape index (κ2) is 6.35. The van der Waals surface area contributed by atoms with Gasteiger partial charge in [0.15, 0.2) is 0 Å². The topological polar surface area (TPSA) is 68.0 Å². The number of carbonyl (C=O) groups excluding carboxylic acids is 1. The number of hydrogen-bond donors (Lipinski definition) is 2. The molecule has 1 aromatic heterocycles. The summed E-state index contributed by atoms with van der Waals surface area (Å²) in [7, 11) is 0. The lowest BCUT2D eigenvalue weighted by Crippen LogP contribution is -2.42. The number of amides is 1. The van der Waals surface area contributed by atoms with Gasteiger partial charge in [-0.1, -0.05) is 19.9 Å². The summed E-state index contributed by atoms with van der Waals surface area (Å²) in [5.74, 6) is 0.303. The van der Waals surface area contributed by atoms with Crippen molar-refractivity contribution in [3.8, 4) is 0 Å². The number of nitrogens with one attached hydrogen (secondary N) is 1. The summed E-state index contributed by atoms with van der Waals surface area (Å²) >= 11 is 0. The highest BCUT2D eigenvalue weighted by atomic mass is 16.2. The molecule has 17 heavy (non-hydrogen) atoms. The van der Waals surface area contributed by atoms with E-state index < -0.39 is 6.04 Å². The van der Waals surface area contributed by atoms with Gasteiger partial charge >= 0.3 is 0 Å². The number of carbonyl (C=O) groups is 1. The molecule has 1 rings (SSSR count). The third-order valence-corrected chi connectivity index (χ3v) is 2.55. The molecule has 2 atom stereocenters. The molecule has 4 heteroatoms. The van der Waals surface area contributed by atoms with Crippen molar-refractivity contribution in [1.29, 1.82) is 0 Å². The van der Waals surface area contributed by atoms with Crippen LogP contribution in [0.15, 0.2) is 24.4 Å². The molecule has 1 heterocycles. The van der Waals surface area contributed by atoms with E-state index in [0.29, 0.717) is 12.3 Å². The fraction of sp³-hybridized carbons (Fsp3) is 0.538. The largest absolute Gasteiger partial charge is 0.347 e. The number of hydrogen-bond acceptors (Lipinski definition) is 3. The number of rotatable bonds is 5. The highest BCUT2D eigenvalue weighted by Crippen LogP contribution is 2.09. The number of nitrogens with zero attached hydrogens (tertiary/aromatic N) is 1. The smallest absolute Gasteiger partial charge is 0.237 e. The molecule has 0 aliphatic rings. The van der Waals surface area contributed by atoms with Crippen LogP contribution in [0, 0.1) is 5.92 Å². The van der Waals surface area contributed by atoms with Gasteiger partial charge in [0.05, 0.1) is 17.8 Å². The first-order valence-corrected chi connectivity index (χ1v) is 5.97. The summed E-state index contributed by atoms with van der Waals surface area (Å²) in [6, 6.07) is 5.09. The Morgan fingerprint density at radius 2 is 2.12 bits per heavy atom. The standard InChI is InChI=1S/C13H21N3O/c1-9(2)8-11(14)13(17)16-10(3)12-6-4-5-7-15-12/h4-7,9-11H,8,14H2,1-3H3,(H,16,17). The summed E-state index contributed by atoms with van der Waals surface area (Å²) in [6.07, 6.45) is 2.41. The van der Waals surface area contributed by atoms with E-state index >= 15 is 0 Å². The molecule has 0 saturated heterocycles. The van der Waals surface area contributed by atoms with Gasteiger partial charge in [0.1, 0.15) is 0 Å². The van der Waals surface area contributed by atoms with Crippen molar-refractivity contribution in [2.75, 3.05) is 0 Å². The zero-order valence-corrected chi connectivity index (χ0v) is 10.7. The molecule has 0 radical (unpaired) electrons. The Morgan fingerprint density at radius 3 is 2.65 bits per heavy atom. The van der Waals surface area contributed by atoms with Gasteiger partial charge in [0.25, 0.3) is 0 Å². The molecule has 0 spiro atoms. The van der Waals surface area contributed by atoms with Crippen molar-refractivity contribution in [3.05, 3.63) is 30.1 Å². The SMILES string of the molecule is CC(C)CC(N)C(=O)NC(C)c1ccccn1. The van der Waals surface area contributed by atoms with Crippen LogP contribution in [-0.2, 0) is 4.79 Å². The first-order valence-electron chi connectivity index (χ1n) is 5.97. The van der Waals surface area contributed by atoms with Gasteiger partial charge < -0.3 is 11.1 Å². The van der Waals surface area contributed by atoms with Crippen LogP contribution < -0.4 is 11.1 Å². The maximum Gasteiger partial charge on any atom is 0.237 e. The van der Waals surface area contributed by atoms with Gasteiger partial charge in [0, 0.05) is 6.20 Å². The maximum atomic E-state index is 11.8. The Kier molecular flexibility index (Phi) is 5.10. The van der Waals surface area contributed by atoms with Crippen molar-refractivity contribution in [1.82, 2.24) is 10.3 Å². The Morgan fingerprint density at radius 1 is 1.41 bits per heavy atom. The van der Waals surface area contributed by atoms with E-state index in [2.05, 4.69) is 24.1 Å². The van der Waals surface area contributed by atoms with Crippen LogP contribution in [0.3, 0.4) is 0 Å². The van der Waals surface area contributed by atoms with E-state index in [-0.39, 0.29) is 11.9 Å². The number of aromatic nitrogens is 1. The van der Waals surface area contributed by atoms with E-state index in [9.17, 15) is 4.79 Å². The Hall–Kier alpha value is -1.42. The molecule has 0 saturated carbocycles. The van der Waals surface area contributed by atoms with Crippen molar-refractivity contribution >= 4 is 5.91 Å². The predicted octanol–water partition coefficient (Wildman–Crippen LogP) is 1.63. The average Bonchev–Trinajstić information content (AvgIpc) is 2.29. The van der Waals surface area contributed by atoms with Crippen molar-refractivity contribution in [3.63, 3.8) is 0 Å². The maximum absolute atomic E-state index is 11.8. The monoisotopic (exact) mass is 235 g/mol.